The summed E-state index contributed by atoms with van der Waals surface area (Å²) in [4.78, 5) is 18.1. The third-order valence-electron chi connectivity index (χ3n) is 5.15. The Morgan fingerprint density at radius 2 is 1.65 bits per heavy atom. The average Bonchev–Trinajstić information content (AvgIpc) is 2.77. The summed E-state index contributed by atoms with van der Waals surface area (Å²) < 4.78 is 37.5. The standard InChI is InChI=1S/C23H26N2O5S/c1-4-5-7-17-21(22-18(29-2)8-6-9-19(22)30-3)23(26)20(14-25-17)31(27,28)16-12-10-15(24)11-13-16/h6,8-14,20H,4-5,7,24H2,1-3H3. The van der Waals surface area contributed by atoms with E-state index < -0.39 is 20.9 Å². The van der Waals surface area contributed by atoms with E-state index in [2.05, 4.69) is 4.99 Å². The highest BCUT2D eigenvalue weighted by Crippen LogP contribution is 2.41. The molecule has 2 aromatic carbocycles. The minimum Gasteiger partial charge on any atom is -0.496 e. The van der Waals surface area contributed by atoms with Gasteiger partial charge in [0, 0.05) is 11.9 Å². The Balaban J connectivity index is 2.17. The SMILES string of the molecule is CCCCC1=C(c2c(OC)cccc2OC)C(=O)C(S(=O)(=O)c2ccc(N)cc2)C=N1. The molecule has 1 aliphatic heterocycles. The molecule has 0 saturated carbocycles. The molecule has 1 aliphatic rings. The van der Waals surface area contributed by atoms with E-state index in [9.17, 15) is 13.2 Å². The number of rotatable bonds is 8. The number of nitrogen functional groups attached to an aromatic ring is 1. The Bertz CT molecular complexity index is 1110. The number of aliphatic imine (C=N–C) groups is 1. The van der Waals surface area contributed by atoms with Gasteiger partial charge in [0.05, 0.1) is 35.9 Å². The maximum Gasteiger partial charge on any atom is 0.193 e. The van der Waals surface area contributed by atoms with E-state index in [1.807, 2.05) is 6.92 Å². The fraction of sp³-hybridized carbons (Fsp3) is 0.304. The molecule has 0 fully saturated rings. The van der Waals surface area contributed by atoms with E-state index in [4.69, 9.17) is 15.2 Å². The Kier molecular flexibility index (Phi) is 6.80. The van der Waals surface area contributed by atoms with Crippen LogP contribution in [0, 0.1) is 0 Å². The van der Waals surface area contributed by atoms with Crippen LogP contribution in [0.5, 0.6) is 11.5 Å². The van der Waals surface area contributed by atoms with Gasteiger partial charge < -0.3 is 15.2 Å². The molecule has 1 unspecified atom stereocenters. The van der Waals surface area contributed by atoms with Crippen LogP contribution in [0.4, 0.5) is 5.69 Å². The summed E-state index contributed by atoms with van der Waals surface area (Å²) in [7, 11) is -1.04. The Hall–Kier alpha value is -3.13. The van der Waals surface area contributed by atoms with Gasteiger partial charge in [-0.2, -0.15) is 0 Å². The Morgan fingerprint density at radius 3 is 2.19 bits per heavy atom. The first-order valence-corrected chi connectivity index (χ1v) is 11.5. The average molecular weight is 443 g/mol. The molecule has 0 bridgehead atoms. The summed E-state index contributed by atoms with van der Waals surface area (Å²) in [5, 5.41) is -1.45. The molecule has 0 aromatic heterocycles. The molecule has 8 heteroatoms. The van der Waals surface area contributed by atoms with Crippen molar-refractivity contribution >= 4 is 33.1 Å². The lowest BCUT2D eigenvalue weighted by atomic mass is 9.92. The molecule has 0 spiro atoms. The van der Waals surface area contributed by atoms with Crippen LogP contribution in [-0.4, -0.2) is 39.9 Å². The summed E-state index contributed by atoms with van der Waals surface area (Å²) >= 11 is 0. The van der Waals surface area contributed by atoms with E-state index >= 15 is 0 Å². The third kappa shape index (κ3) is 4.34. The van der Waals surface area contributed by atoms with Gasteiger partial charge in [0.25, 0.3) is 0 Å². The minimum atomic E-state index is -4.02. The van der Waals surface area contributed by atoms with E-state index in [1.165, 1.54) is 44.7 Å². The first kappa shape index (κ1) is 22.6. The van der Waals surface area contributed by atoms with Crippen molar-refractivity contribution in [2.75, 3.05) is 20.0 Å². The zero-order chi connectivity index (χ0) is 22.6. The van der Waals surface area contributed by atoms with Gasteiger partial charge >= 0.3 is 0 Å². The van der Waals surface area contributed by atoms with Gasteiger partial charge in [-0.05, 0) is 49.2 Å². The number of benzene rings is 2. The monoisotopic (exact) mass is 442 g/mol. The van der Waals surface area contributed by atoms with E-state index in [-0.39, 0.29) is 10.5 Å². The van der Waals surface area contributed by atoms with E-state index in [0.29, 0.717) is 34.9 Å². The number of ketones is 1. The number of hydrogen-bond donors (Lipinski definition) is 1. The molecule has 164 valence electrons. The number of unbranched alkanes of at least 4 members (excludes halogenated alkanes) is 1. The summed E-state index contributed by atoms with van der Waals surface area (Å²) in [6.45, 7) is 2.03. The highest BCUT2D eigenvalue weighted by molar-refractivity contribution is 7.93. The molecule has 3 rings (SSSR count). The van der Waals surface area contributed by atoms with Crippen LogP contribution >= 0.6 is 0 Å². The van der Waals surface area contributed by atoms with Crippen molar-refractivity contribution in [1.82, 2.24) is 0 Å². The van der Waals surface area contributed by atoms with Crippen LogP contribution in [0.2, 0.25) is 0 Å². The van der Waals surface area contributed by atoms with Crippen molar-refractivity contribution < 1.29 is 22.7 Å². The van der Waals surface area contributed by atoms with Crippen molar-refractivity contribution in [2.24, 2.45) is 4.99 Å². The second kappa shape index (κ2) is 9.34. The van der Waals surface area contributed by atoms with Crippen molar-refractivity contribution in [3.8, 4) is 11.5 Å². The molecular formula is C23H26N2O5S. The van der Waals surface area contributed by atoms with E-state index in [0.717, 1.165) is 12.8 Å². The van der Waals surface area contributed by atoms with Gasteiger partial charge in [0.2, 0.25) is 0 Å². The minimum absolute atomic E-state index is 0.00912. The Labute approximate surface area is 182 Å². The number of ether oxygens (including phenoxy) is 2. The Morgan fingerprint density at radius 1 is 1.03 bits per heavy atom. The van der Waals surface area contributed by atoms with Gasteiger partial charge in [0.15, 0.2) is 20.9 Å². The molecule has 0 radical (unpaired) electrons. The van der Waals surface area contributed by atoms with Gasteiger partial charge in [-0.15, -0.1) is 0 Å². The maximum absolute atomic E-state index is 13.7. The first-order valence-electron chi connectivity index (χ1n) is 9.97. The van der Waals surface area contributed by atoms with E-state index in [1.54, 1.807) is 18.2 Å². The predicted octanol–water partition coefficient (Wildman–Crippen LogP) is 3.68. The molecule has 0 amide bonds. The molecule has 7 nitrogen and oxygen atoms in total. The number of carbonyl (C=O) groups is 1. The number of methoxy groups -OCH3 is 2. The molecule has 0 saturated heterocycles. The topological polar surface area (TPSA) is 108 Å². The van der Waals surface area contributed by atoms with Crippen LogP contribution in [-0.2, 0) is 14.6 Å². The highest BCUT2D eigenvalue weighted by Gasteiger charge is 2.40. The summed E-state index contributed by atoms with van der Waals surface area (Å²) in [5.41, 5.74) is 7.27. The third-order valence-corrected chi connectivity index (χ3v) is 7.08. The summed E-state index contributed by atoms with van der Waals surface area (Å²) in [5.74, 6) is 0.274. The van der Waals surface area contributed by atoms with Crippen molar-refractivity contribution in [3.63, 3.8) is 0 Å². The highest BCUT2D eigenvalue weighted by atomic mass is 32.2. The lowest BCUT2D eigenvalue weighted by Gasteiger charge is -2.23. The van der Waals surface area contributed by atoms with Gasteiger partial charge in [0.1, 0.15) is 11.5 Å². The number of sulfone groups is 1. The zero-order valence-corrected chi connectivity index (χ0v) is 18.6. The van der Waals surface area contributed by atoms with Crippen LogP contribution in [0.3, 0.4) is 0 Å². The molecule has 31 heavy (non-hydrogen) atoms. The van der Waals surface area contributed by atoms with Crippen molar-refractivity contribution in [1.29, 1.82) is 0 Å². The molecule has 1 atom stereocenters. The molecule has 1 heterocycles. The fourth-order valence-electron chi connectivity index (χ4n) is 3.50. The number of nitrogens with zero attached hydrogens (tertiary/aromatic N) is 1. The van der Waals surface area contributed by atoms with Crippen LogP contribution < -0.4 is 15.2 Å². The van der Waals surface area contributed by atoms with Gasteiger partial charge in [-0.1, -0.05) is 19.4 Å². The normalized spacial score (nSPS) is 16.5. The van der Waals surface area contributed by atoms with Crippen molar-refractivity contribution in [2.45, 2.75) is 36.3 Å². The predicted molar refractivity (Wildman–Crippen MR) is 121 cm³/mol. The first-order chi connectivity index (χ1) is 14.8. The molecule has 0 aliphatic carbocycles. The quantitative estimate of drug-likeness (QED) is 0.625. The number of carbonyl (C=O) groups excluding carboxylic acids is 1. The van der Waals surface area contributed by atoms with Crippen LogP contribution in [0.1, 0.15) is 31.7 Å². The summed E-state index contributed by atoms with van der Waals surface area (Å²) in [6.07, 6.45) is 3.46. The van der Waals surface area contributed by atoms with Crippen molar-refractivity contribution in [3.05, 3.63) is 53.7 Å². The zero-order valence-electron chi connectivity index (χ0n) is 17.8. The number of allylic oxidation sites excluding steroid dienone is 2. The number of hydrogen-bond acceptors (Lipinski definition) is 7. The van der Waals surface area contributed by atoms with Crippen LogP contribution in [0.15, 0.2) is 58.0 Å². The fourth-order valence-corrected chi connectivity index (χ4v) is 4.93. The molecule has 2 N–H and O–H groups in total. The van der Waals surface area contributed by atoms with Gasteiger partial charge in [-0.3, -0.25) is 9.79 Å². The smallest absolute Gasteiger partial charge is 0.193 e. The van der Waals surface area contributed by atoms with Gasteiger partial charge in [-0.25, -0.2) is 8.42 Å². The number of anilines is 1. The maximum atomic E-state index is 13.7. The number of Topliss-reactive ketones (excluding diaryl/α,β-unsaturated/α-hetero) is 1. The van der Waals surface area contributed by atoms with Crippen LogP contribution in [0.25, 0.3) is 5.57 Å². The molecule has 2 aromatic rings. The second-order valence-electron chi connectivity index (χ2n) is 7.14. The lowest BCUT2D eigenvalue weighted by Crippen LogP contribution is -2.35. The number of nitrogens with two attached hydrogens (primary N) is 1. The lowest BCUT2D eigenvalue weighted by molar-refractivity contribution is -0.112. The molecular weight excluding hydrogens is 416 g/mol. The second-order valence-corrected chi connectivity index (χ2v) is 9.21. The largest absolute Gasteiger partial charge is 0.496 e. The summed E-state index contributed by atoms with van der Waals surface area (Å²) in [6, 6.07) is 10.9.